The number of hydrogen-bond acceptors (Lipinski definition) is 4. The molecule has 2 aromatic carbocycles. The summed E-state index contributed by atoms with van der Waals surface area (Å²) in [5, 5.41) is 2.99. The molecule has 1 amide bonds. The van der Waals surface area contributed by atoms with Crippen LogP contribution in [0.3, 0.4) is 0 Å². The van der Waals surface area contributed by atoms with E-state index in [1.807, 2.05) is 50.2 Å². The van der Waals surface area contributed by atoms with Crippen molar-refractivity contribution in [2.24, 2.45) is 0 Å². The summed E-state index contributed by atoms with van der Waals surface area (Å²) in [7, 11) is 0. The van der Waals surface area contributed by atoms with Crippen LogP contribution in [-0.4, -0.2) is 18.5 Å². The van der Waals surface area contributed by atoms with Gasteiger partial charge in [0.15, 0.2) is 0 Å². The smallest absolute Gasteiger partial charge is 0.226 e. The first-order valence-electron chi connectivity index (χ1n) is 8.72. The van der Waals surface area contributed by atoms with Gasteiger partial charge in [0.2, 0.25) is 5.91 Å². The maximum atomic E-state index is 12.2. The lowest BCUT2D eigenvalue weighted by Gasteiger charge is -2.17. The van der Waals surface area contributed by atoms with E-state index in [2.05, 4.69) is 28.3 Å². The second-order valence-electron chi connectivity index (χ2n) is 6.46. The predicted octanol–water partition coefficient (Wildman–Crippen LogP) is 3.33. The molecular formula is C20H25N3O2. The molecule has 0 radical (unpaired) electrons. The van der Waals surface area contributed by atoms with E-state index in [-0.39, 0.29) is 18.1 Å². The lowest BCUT2D eigenvalue weighted by molar-refractivity contribution is -0.116. The summed E-state index contributed by atoms with van der Waals surface area (Å²) in [5.74, 6) is 0.823. The molecule has 1 fully saturated rings. The molecule has 3 rings (SSSR count). The van der Waals surface area contributed by atoms with Gasteiger partial charge in [0.1, 0.15) is 11.9 Å². The average molecular weight is 339 g/mol. The quantitative estimate of drug-likeness (QED) is 0.755. The molecule has 1 aliphatic heterocycles. The van der Waals surface area contributed by atoms with Gasteiger partial charge >= 0.3 is 0 Å². The van der Waals surface area contributed by atoms with Crippen LogP contribution >= 0.6 is 0 Å². The number of nitrogens with one attached hydrogen (secondary N) is 3. The monoisotopic (exact) mass is 339 g/mol. The van der Waals surface area contributed by atoms with Crippen LogP contribution in [0.4, 0.5) is 5.69 Å². The number of hydrazine groups is 1. The van der Waals surface area contributed by atoms with Crippen molar-refractivity contribution in [1.29, 1.82) is 0 Å². The number of amides is 1. The van der Waals surface area contributed by atoms with Crippen molar-refractivity contribution in [1.82, 2.24) is 10.9 Å². The number of aryl methyl sites for hydroxylation is 1. The van der Waals surface area contributed by atoms with Crippen LogP contribution < -0.4 is 20.9 Å². The Balaban J connectivity index is 1.59. The van der Waals surface area contributed by atoms with Gasteiger partial charge in [-0.15, -0.1) is 0 Å². The molecule has 0 spiro atoms. The van der Waals surface area contributed by atoms with Gasteiger partial charge in [-0.05, 0) is 49.6 Å². The van der Waals surface area contributed by atoms with Gasteiger partial charge in [-0.2, -0.15) is 0 Å². The first-order valence-corrected chi connectivity index (χ1v) is 8.72. The lowest BCUT2D eigenvalue weighted by Crippen LogP contribution is -2.33. The normalized spacial score (nSPS) is 17.9. The fraction of sp³-hybridized carbons (Fsp3) is 0.350. The zero-order valence-corrected chi connectivity index (χ0v) is 14.7. The second kappa shape index (κ2) is 8.14. The summed E-state index contributed by atoms with van der Waals surface area (Å²) in [6, 6.07) is 16.1. The third-order valence-corrected chi connectivity index (χ3v) is 4.41. The van der Waals surface area contributed by atoms with Crippen molar-refractivity contribution in [3.63, 3.8) is 0 Å². The van der Waals surface area contributed by atoms with E-state index in [1.165, 1.54) is 0 Å². The number of hydrogen-bond donors (Lipinski definition) is 3. The SMILES string of the molecule is Cc1cc(OC(C)c2ccccc2)ccc1NC(=O)CC1CCNN1. The number of anilines is 1. The Morgan fingerprint density at radius 1 is 1.28 bits per heavy atom. The van der Waals surface area contributed by atoms with Crippen LogP contribution in [0.15, 0.2) is 48.5 Å². The zero-order valence-electron chi connectivity index (χ0n) is 14.7. The van der Waals surface area contributed by atoms with E-state index in [4.69, 9.17) is 4.74 Å². The standard InChI is InChI=1S/C20H25N3O2/c1-14-12-18(25-15(2)16-6-4-3-5-7-16)8-9-19(14)22-20(24)13-17-10-11-21-23-17/h3-9,12,15,17,21,23H,10-11,13H2,1-2H3,(H,22,24). The fourth-order valence-corrected chi connectivity index (χ4v) is 2.96. The van der Waals surface area contributed by atoms with Crippen molar-refractivity contribution < 1.29 is 9.53 Å². The van der Waals surface area contributed by atoms with E-state index < -0.39 is 0 Å². The van der Waals surface area contributed by atoms with Crippen molar-refractivity contribution in [3.8, 4) is 5.75 Å². The van der Waals surface area contributed by atoms with Crippen LogP contribution in [0.25, 0.3) is 0 Å². The molecule has 3 N–H and O–H groups in total. The molecule has 2 unspecified atom stereocenters. The molecule has 5 heteroatoms. The van der Waals surface area contributed by atoms with Crippen molar-refractivity contribution in [2.45, 2.75) is 38.8 Å². The molecule has 2 aromatic rings. The first kappa shape index (κ1) is 17.5. The fourth-order valence-electron chi connectivity index (χ4n) is 2.96. The molecule has 0 bridgehead atoms. The Hall–Kier alpha value is -2.37. The zero-order chi connectivity index (χ0) is 17.6. The highest BCUT2D eigenvalue weighted by Gasteiger charge is 2.18. The topological polar surface area (TPSA) is 62.4 Å². The minimum absolute atomic E-state index is 0.0237. The van der Waals surface area contributed by atoms with E-state index in [0.717, 1.165) is 35.5 Å². The van der Waals surface area contributed by atoms with Gasteiger partial charge < -0.3 is 10.1 Å². The molecule has 5 nitrogen and oxygen atoms in total. The van der Waals surface area contributed by atoms with Gasteiger partial charge in [0.25, 0.3) is 0 Å². The molecule has 1 aliphatic rings. The highest BCUT2D eigenvalue weighted by Crippen LogP contribution is 2.26. The number of carbonyl (C=O) groups excluding carboxylic acids is 1. The third kappa shape index (κ3) is 4.81. The molecular weight excluding hydrogens is 314 g/mol. The van der Waals surface area contributed by atoms with Crippen molar-refractivity contribution >= 4 is 11.6 Å². The Bertz CT molecular complexity index is 712. The highest BCUT2D eigenvalue weighted by atomic mass is 16.5. The van der Waals surface area contributed by atoms with Gasteiger partial charge in [-0.3, -0.25) is 15.6 Å². The minimum atomic E-state index is -0.0259. The molecule has 1 saturated heterocycles. The summed E-state index contributed by atoms with van der Waals surface area (Å²) in [6.07, 6.45) is 1.41. The van der Waals surface area contributed by atoms with E-state index >= 15 is 0 Å². The summed E-state index contributed by atoms with van der Waals surface area (Å²) in [6.45, 7) is 4.91. The minimum Gasteiger partial charge on any atom is -0.486 e. The third-order valence-electron chi connectivity index (χ3n) is 4.41. The molecule has 0 aromatic heterocycles. The van der Waals surface area contributed by atoms with Crippen LogP contribution in [0.1, 0.15) is 37.0 Å². The molecule has 0 saturated carbocycles. The largest absolute Gasteiger partial charge is 0.486 e. The molecule has 1 heterocycles. The van der Waals surface area contributed by atoms with Gasteiger partial charge in [0.05, 0.1) is 0 Å². The summed E-state index contributed by atoms with van der Waals surface area (Å²) in [5.41, 5.74) is 9.10. The molecule has 132 valence electrons. The Labute approximate surface area is 148 Å². The second-order valence-corrected chi connectivity index (χ2v) is 6.46. The number of ether oxygens (including phenoxy) is 1. The summed E-state index contributed by atoms with van der Waals surface area (Å²) in [4.78, 5) is 12.2. The molecule has 2 atom stereocenters. The summed E-state index contributed by atoms with van der Waals surface area (Å²) < 4.78 is 6.02. The average Bonchev–Trinajstić information content (AvgIpc) is 3.11. The highest BCUT2D eigenvalue weighted by molar-refractivity contribution is 5.92. The number of rotatable bonds is 6. The van der Waals surface area contributed by atoms with E-state index in [0.29, 0.717) is 6.42 Å². The van der Waals surface area contributed by atoms with Crippen LogP contribution in [0, 0.1) is 6.92 Å². The lowest BCUT2D eigenvalue weighted by atomic mass is 10.1. The Morgan fingerprint density at radius 3 is 2.76 bits per heavy atom. The van der Waals surface area contributed by atoms with Crippen LogP contribution in [0.2, 0.25) is 0 Å². The first-order chi connectivity index (χ1) is 12.1. The molecule has 25 heavy (non-hydrogen) atoms. The van der Waals surface area contributed by atoms with Crippen molar-refractivity contribution in [2.75, 3.05) is 11.9 Å². The Morgan fingerprint density at radius 2 is 2.08 bits per heavy atom. The van der Waals surface area contributed by atoms with Crippen molar-refractivity contribution in [3.05, 3.63) is 59.7 Å². The number of carbonyl (C=O) groups is 1. The number of benzene rings is 2. The van der Waals surface area contributed by atoms with Gasteiger partial charge in [-0.1, -0.05) is 30.3 Å². The van der Waals surface area contributed by atoms with Gasteiger partial charge in [0, 0.05) is 24.7 Å². The summed E-state index contributed by atoms with van der Waals surface area (Å²) >= 11 is 0. The van der Waals surface area contributed by atoms with Gasteiger partial charge in [-0.25, -0.2) is 0 Å². The maximum absolute atomic E-state index is 12.2. The maximum Gasteiger partial charge on any atom is 0.226 e. The van der Waals surface area contributed by atoms with E-state index in [9.17, 15) is 4.79 Å². The van der Waals surface area contributed by atoms with Crippen LogP contribution in [0.5, 0.6) is 5.75 Å². The van der Waals surface area contributed by atoms with E-state index in [1.54, 1.807) is 0 Å². The predicted molar refractivity (Wildman–Crippen MR) is 99.5 cm³/mol. The molecule has 0 aliphatic carbocycles. The van der Waals surface area contributed by atoms with Crippen LogP contribution in [-0.2, 0) is 4.79 Å². The Kier molecular flexibility index (Phi) is 5.68.